The largest absolute Gasteiger partial charge is 0.503 e. The number of aromatic nitrogens is 1. The Morgan fingerprint density at radius 2 is 1.88 bits per heavy atom. The molecule has 0 spiro atoms. The summed E-state index contributed by atoms with van der Waals surface area (Å²) < 4.78 is 5.67. The predicted molar refractivity (Wildman–Crippen MR) is 134 cm³/mol. The zero-order chi connectivity index (χ0) is 24.6. The highest BCUT2D eigenvalue weighted by molar-refractivity contribution is 7.14. The minimum atomic E-state index is -0.799. The van der Waals surface area contributed by atoms with E-state index in [-0.39, 0.29) is 11.4 Å². The molecule has 176 valence electrons. The number of aryl methyl sites for hydroxylation is 2. The van der Waals surface area contributed by atoms with Crippen LogP contribution in [0.1, 0.15) is 64.2 Å². The summed E-state index contributed by atoms with van der Waals surface area (Å²) in [6, 6.07) is 14.2. The smallest absolute Gasteiger partial charge is 0.294 e. The molecule has 0 saturated heterocycles. The van der Waals surface area contributed by atoms with Crippen molar-refractivity contribution in [2.24, 2.45) is 0 Å². The van der Waals surface area contributed by atoms with E-state index in [1.807, 2.05) is 62.4 Å². The van der Waals surface area contributed by atoms with Crippen molar-refractivity contribution in [3.8, 4) is 5.75 Å². The van der Waals surface area contributed by atoms with Crippen LogP contribution < -0.4 is 9.64 Å². The monoisotopic (exact) mass is 476 g/mol. The zero-order valence-electron chi connectivity index (χ0n) is 20.0. The van der Waals surface area contributed by atoms with E-state index in [2.05, 4.69) is 18.8 Å². The van der Waals surface area contributed by atoms with Gasteiger partial charge in [-0.2, -0.15) is 0 Å². The van der Waals surface area contributed by atoms with Gasteiger partial charge < -0.3 is 9.84 Å². The summed E-state index contributed by atoms with van der Waals surface area (Å²) >= 11 is 1.26. The average Bonchev–Trinajstić information content (AvgIpc) is 3.29. The number of carbonyl (C=O) groups excluding carboxylic acids is 2. The van der Waals surface area contributed by atoms with E-state index in [9.17, 15) is 14.7 Å². The number of aliphatic hydroxyl groups excluding tert-OH is 1. The van der Waals surface area contributed by atoms with Crippen molar-refractivity contribution in [3.63, 3.8) is 0 Å². The summed E-state index contributed by atoms with van der Waals surface area (Å²) in [6.07, 6.45) is 0. The normalized spacial score (nSPS) is 16.0. The Bertz CT molecular complexity index is 1270. The first-order valence-electron chi connectivity index (χ1n) is 11.3. The molecule has 1 aliphatic rings. The van der Waals surface area contributed by atoms with Crippen LogP contribution in [0, 0.1) is 13.8 Å². The minimum Gasteiger partial charge on any atom is -0.503 e. The number of rotatable bonds is 7. The highest BCUT2D eigenvalue weighted by Crippen LogP contribution is 2.43. The first-order valence-corrected chi connectivity index (χ1v) is 12.1. The molecule has 2 aromatic carbocycles. The fourth-order valence-electron chi connectivity index (χ4n) is 4.24. The van der Waals surface area contributed by atoms with Gasteiger partial charge in [0.05, 0.1) is 33.8 Å². The predicted octanol–water partition coefficient (Wildman–Crippen LogP) is 6.06. The van der Waals surface area contributed by atoms with E-state index < -0.39 is 17.7 Å². The van der Waals surface area contributed by atoms with Crippen LogP contribution in [0.3, 0.4) is 0 Å². The number of Topliss-reactive ketones (excluding diaryl/α,β-unsaturated/α-hetero) is 1. The maximum Gasteiger partial charge on any atom is 0.294 e. The van der Waals surface area contributed by atoms with Crippen molar-refractivity contribution in [2.45, 2.75) is 46.6 Å². The molecule has 1 aliphatic heterocycles. The quantitative estimate of drug-likeness (QED) is 0.419. The summed E-state index contributed by atoms with van der Waals surface area (Å²) in [6.45, 7) is 10.2. The molecule has 0 radical (unpaired) electrons. The van der Waals surface area contributed by atoms with Crippen molar-refractivity contribution < 1.29 is 19.4 Å². The molecule has 1 N–H and O–H groups in total. The lowest BCUT2D eigenvalue weighted by Crippen LogP contribution is -2.31. The second-order valence-corrected chi connectivity index (χ2v) is 9.77. The third-order valence-electron chi connectivity index (χ3n) is 5.89. The number of nitrogens with zero attached hydrogens (tertiary/aromatic N) is 2. The molecule has 4 rings (SSSR count). The minimum absolute atomic E-state index is 0.0540. The Balaban J connectivity index is 1.87. The SMILES string of the molecule is CCOc1cccc(C2C(C(=O)c3sc(C)nc3C)=C(O)C(=O)N2c2ccc(C(C)C)cc2)c1. The summed E-state index contributed by atoms with van der Waals surface area (Å²) in [4.78, 5) is 33.3. The van der Waals surface area contributed by atoms with Gasteiger partial charge in [-0.3, -0.25) is 14.5 Å². The van der Waals surface area contributed by atoms with Gasteiger partial charge in [0.25, 0.3) is 5.91 Å². The highest BCUT2D eigenvalue weighted by atomic mass is 32.1. The number of thiazole rings is 1. The first kappa shape index (κ1) is 23.7. The van der Waals surface area contributed by atoms with Gasteiger partial charge in [-0.05, 0) is 62.1 Å². The van der Waals surface area contributed by atoms with E-state index in [4.69, 9.17) is 4.74 Å². The number of carbonyl (C=O) groups is 2. The van der Waals surface area contributed by atoms with Crippen LogP contribution in [-0.4, -0.2) is 28.4 Å². The molecule has 6 nitrogen and oxygen atoms in total. The summed E-state index contributed by atoms with van der Waals surface area (Å²) in [7, 11) is 0. The molecule has 0 fully saturated rings. The van der Waals surface area contributed by atoms with E-state index >= 15 is 0 Å². The molecule has 2 heterocycles. The van der Waals surface area contributed by atoms with Crippen molar-refractivity contribution in [1.29, 1.82) is 0 Å². The topological polar surface area (TPSA) is 79.7 Å². The highest BCUT2D eigenvalue weighted by Gasteiger charge is 2.45. The number of aliphatic hydroxyl groups is 1. The lowest BCUT2D eigenvalue weighted by molar-refractivity contribution is -0.117. The third-order valence-corrected chi connectivity index (χ3v) is 6.96. The fraction of sp³-hybridized carbons (Fsp3) is 0.296. The number of hydrogen-bond donors (Lipinski definition) is 1. The number of ketones is 1. The molecule has 3 aromatic rings. The van der Waals surface area contributed by atoms with Gasteiger partial charge in [0.1, 0.15) is 5.75 Å². The van der Waals surface area contributed by atoms with Crippen molar-refractivity contribution in [1.82, 2.24) is 4.98 Å². The van der Waals surface area contributed by atoms with Gasteiger partial charge in [-0.25, -0.2) is 4.98 Å². The van der Waals surface area contributed by atoms with Gasteiger partial charge in [-0.1, -0.05) is 38.1 Å². The summed E-state index contributed by atoms with van der Waals surface area (Å²) in [5, 5.41) is 11.7. The fourth-order valence-corrected chi connectivity index (χ4v) is 5.12. The molecular formula is C27H28N2O4S. The molecule has 1 unspecified atom stereocenters. The van der Waals surface area contributed by atoms with Gasteiger partial charge in [0.2, 0.25) is 5.78 Å². The molecule has 7 heteroatoms. The van der Waals surface area contributed by atoms with E-state index in [1.54, 1.807) is 6.92 Å². The lowest BCUT2D eigenvalue weighted by atomic mass is 9.94. The van der Waals surface area contributed by atoms with Gasteiger partial charge >= 0.3 is 0 Å². The number of ether oxygens (including phenoxy) is 1. The van der Waals surface area contributed by atoms with Crippen LogP contribution in [0.25, 0.3) is 0 Å². The van der Waals surface area contributed by atoms with Crippen LogP contribution in [-0.2, 0) is 4.79 Å². The second-order valence-electron chi connectivity index (χ2n) is 8.57. The molecule has 0 aliphatic carbocycles. The number of anilines is 1. The first-order chi connectivity index (χ1) is 16.2. The lowest BCUT2D eigenvalue weighted by Gasteiger charge is -2.27. The van der Waals surface area contributed by atoms with Gasteiger partial charge in [0, 0.05) is 5.69 Å². The molecule has 1 amide bonds. The van der Waals surface area contributed by atoms with Crippen molar-refractivity contribution in [3.05, 3.63) is 86.6 Å². The van der Waals surface area contributed by atoms with Crippen LogP contribution in [0.15, 0.2) is 59.9 Å². The standard InChI is InChI=1S/C27H28N2O4S/c1-6-33-21-9-7-8-19(14-21)23-22(24(30)26-16(4)28-17(5)34-26)25(31)27(32)29(23)20-12-10-18(11-13-20)15(2)3/h7-15,23,31H,6H2,1-5H3. The average molecular weight is 477 g/mol. The maximum atomic E-state index is 13.7. The molecule has 1 aromatic heterocycles. The molecular weight excluding hydrogens is 448 g/mol. The van der Waals surface area contributed by atoms with Gasteiger partial charge in [-0.15, -0.1) is 11.3 Å². The van der Waals surface area contributed by atoms with E-state index in [0.717, 1.165) is 10.6 Å². The molecule has 0 saturated carbocycles. The molecule has 0 bridgehead atoms. The Morgan fingerprint density at radius 3 is 2.47 bits per heavy atom. The Labute approximate surface area is 203 Å². The molecule has 34 heavy (non-hydrogen) atoms. The van der Waals surface area contributed by atoms with Gasteiger partial charge in [0.15, 0.2) is 5.76 Å². The third kappa shape index (κ3) is 4.23. The summed E-state index contributed by atoms with van der Waals surface area (Å²) in [5.41, 5.74) is 3.06. The maximum absolute atomic E-state index is 13.7. The second kappa shape index (κ2) is 9.43. The summed E-state index contributed by atoms with van der Waals surface area (Å²) in [5.74, 6) is -0.558. The van der Waals surface area contributed by atoms with E-state index in [1.165, 1.54) is 16.2 Å². The molecule has 1 atom stereocenters. The Kier molecular flexibility index (Phi) is 6.57. The van der Waals surface area contributed by atoms with Crippen molar-refractivity contribution in [2.75, 3.05) is 11.5 Å². The Morgan fingerprint density at radius 1 is 1.18 bits per heavy atom. The Hall–Kier alpha value is -3.45. The number of amides is 1. The van der Waals surface area contributed by atoms with Crippen LogP contribution in [0.5, 0.6) is 5.75 Å². The van der Waals surface area contributed by atoms with Crippen LogP contribution >= 0.6 is 11.3 Å². The number of hydrogen-bond acceptors (Lipinski definition) is 6. The van der Waals surface area contributed by atoms with Crippen LogP contribution in [0.2, 0.25) is 0 Å². The van der Waals surface area contributed by atoms with E-state index in [0.29, 0.717) is 40.1 Å². The van der Waals surface area contributed by atoms with Crippen LogP contribution in [0.4, 0.5) is 5.69 Å². The van der Waals surface area contributed by atoms with Crippen molar-refractivity contribution >= 4 is 28.7 Å². The zero-order valence-corrected chi connectivity index (χ0v) is 20.8. The number of benzene rings is 2.